The van der Waals surface area contributed by atoms with Gasteiger partial charge >= 0.3 is 0 Å². The van der Waals surface area contributed by atoms with E-state index in [4.69, 9.17) is 5.11 Å². The van der Waals surface area contributed by atoms with E-state index in [9.17, 15) is 9.90 Å². The highest BCUT2D eigenvalue weighted by atomic mass is 16.3. The Balaban J connectivity index is 2.89. The first-order valence-electron chi connectivity index (χ1n) is 4.85. The number of rotatable bonds is 5. The van der Waals surface area contributed by atoms with Crippen LogP contribution in [0.4, 0.5) is 0 Å². The van der Waals surface area contributed by atoms with Gasteiger partial charge in [0.2, 0.25) is 0 Å². The van der Waals surface area contributed by atoms with Crippen molar-refractivity contribution < 1.29 is 15.0 Å². The number of pyridine rings is 1. The predicted molar refractivity (Wildman–Crippen MR) is 59.1 cm³/mol. The maximum Gasteiger partial charge on any atom is 0.276 e. The van der Waals surface area contributed by atoms with Crippen LogP contribution in [0.5, 0.6) is 5.75 Å². The zero-order valence-electron chi connectivity index (χ0n) is 8.83. The van der Waals surface area contributed by atoms with Gasteiger partial charge in [0.15, 0.2) is 5.69 Å². The van der Waals surface area contributed by atoms with Crippen LogP contribution in [0.1, 0.15) is 10.5 Å². The van der Waals surface area contributed by atoms with Crippen LogP contribution in [0.25, 0.3) is 0 Å². The number of carbonyl (C=O) groups excluding carboxylic acids is 1. The van der Waals surface area contributed by atoms with Crippen LogP contribution >= 0.6 is 0 Å². The highest BCUT2D eigenvalue weighted by Crippen LogP contribution is 2.14. The van der Waals surface area contributed by atoms with E-state index < -0.39 is 5.91 Å². The Morgan fingerprint density at radius 1 is 1.62 bits per heavy atom. The summed E-state index contributed by atoms with van der Waals surface area (Å²) in [6.45, 7) is 3.86. The summed E-state index contributed by atoms with van der Waals surface area (Å²) in [5, 5.41) is 18.3. The summed E-state index contributed by atoms with van der Waals surface area (Å²) < 4.78 is 0. The van der Waals surface area contributed by atoms with Gasteiger partial charge in [-0.15, -0.1) is 6.58 Å². The molecular formula is C11H14N2O3. The molecule has 0 aliphatic rings. The van der Waals surface area contributed by atoms with Gasteiger partial charge in [-0.2, -0.15) is 0 Å². The summed E-state index contributed by atoms with van der Waals surface area (Å²) in [6.07, 6.45) is 2.98. The molecule has 0 fully saturated rings. The number of aromatic nitrogens is 1. The minimum atomic E-state index is -0.424. The average molecular weight is 222 g/mol. The lowest BCUT2D eigenvalue weighted by molar-refractivity contribution is 0.0733. The summed E-state index contributed by atoms with van der Waals surface area (Å²) in [5.74, 6) is -0.591. The lowest BCUT2D eigenvalue weighted by atomic mass is 10.3. The molecular weight excluding hydrogens is 208 g/mol. The van der Waals surface area contributed by atoms with Gasteiger partial charge in [0.05, 0.1) is 6.61 Å². The van der Waals surface area contributed by atoms with Crippen LogP contribution in [0.3, 0.4) is 0 Å². The molecule has 0 radical (unpaired) electrons. The number of carbonyl (C=O) groups is 1. The first kappa shape index (κ1) is 12.2. The lowest BCUT2D eigenvalue weighted by Crippen LogP contribution is -2.34. The Hall–Kier alpha value is -1.88. The molecule has 1 rings (SSSR count). The molecule has 1 aromatic heterocycles. The van der Waals surface area contributed by atoms with Crippen LogP contribution in [0.2, 0.25) is 0 Å². The highest BCUT2D eigenvalue weighted by Gasteiger charge is 2.18. The van der Waals surface area contributed by atoms with Gasteiger partial charge in [-0.25, -0.2) is 4.98 Å². The molecule has 1 amide bonds. The molecule has 16 heavy (non-hydrogen) atoms. The van der Waals surface area contributed by atoms with Crippen molar-refractivity contribution in [3.05, 3.63) is 36.7 Å². The molecule has 0 unspecified atom stereocenters. The number of aromatic hydroxyl groups is 1. The normalized spacial score (nSPS) is 9.81. The fraction of sp³-hybridized carbons (Fsp3) is 0.273. The molecule has 0 aliphatic carbocycles. The van der Waals surface area contributed by atoms with Crippen LogP contribution in [0.15, 0.2) is 31.0 Å². The zero-order valence-corrected chi connectivity index (χ0v) is 8.83. The molecule has 0 spiro atoms. The van der Waals surface area contributed by atoms with Crippen molar-refractivity contribution in [1.29, 1.82) is 0 Å². The smallest absolute Gasteiger partial charge is 0.276 e. The third-order valence-corrected chi connectivity index (χ3v) is 2.00. The second kappa shape index (κ2) is 5.87. The van der Waals surface area contributed by atoms with Crippen LogP contribution in [-0.4, -0.2) is 45.7 Å². The first-order valence-corrected chi connectivity index (χ1v) is 4.85. The van der Waals surface area contributed by atoms with E-state index in [0.717, 1.165) is 0 Å². The Labute approximate surface area is 93.7 Å². The maximum atomic E-state index is 11.9. The molecule has 86 valence electrons. The Morgan fingerprint density at radius 3 is 2.94 bits per heavy atom. The SMILES string of the molecule is C=CCN(CCO)C(=O)c1ncccc1O. The molecule has 2 N–H and O–H groups in total. The van der Waals surface area contributed by atoms with E-state index in [-0.39, 0.29) is 24.6 Å². The van der Waals surface area contributed by atoms with Gasteiger partial charge in [-0.1, -0.05) is 6.08 Å². The van der Waals surface area contributed by atoms with Crippen molar-refractivity contribution >= 4 is 5.91 Å². The topological polar surface area (TPSA) is 73.7 Å². The predicted octanol–water partition coefficient (Wildman–Crippen LogP) is 0.408. The lowest BCUT2D eigenvalue weighted by Gasteiger charge is -2.19. The summed E-state index contributed by atoms with van der Waals surface area (Å²) in [6, 6.07) is 2.93. The van der Waals surface area contributed by atoms with Crippen molar-refractivity contribution in [2.75, 3.05) is 19.7 Å². The first-order chi connectivity index (χ1) is 7.70. The zero-order chi connectivity index (χ0) is 12.0. The number of hydrogen-bond donors (Lipinski definition) is 2. The van der Waals surface area contributed by atoms with E-state index in [1.165, 1.54) is 23.2 Å². The minimum absolute atomic E-state index is 0.0159. The quantitative estimate of drug-likeness (QED) is 0.707. The molecule has 5 nitrogen and oxygen atoms in total. The van der Waals surface area contributed by atoms with Crippen LogP contribution in [0, 0.1) is 0 Å². The summed E-state index contributed by atoms with van der Waals surface area (Å²) in [7, 11) is 0. The average Bonchev–Trinajstić information content (AvgIpc) is 2.28. The molecule has 0 aliphatic heterocycles. The van der Waals surface area contributed by atoms with Gasteiger partial charge in [-0.05, 0) is 12.1 Å². The minimum Gasteiger partial charge on any atom is -0.505 e. The number of aliphatic hydroxyl groups is 1. The van der Waals surface area contributed by atoms with Gasteiger partial charge in [0, 0.05) is 19.3 Å². The van der Waals surface area contributed by atoms with Gasteiger partial charge in [-0.3, -0.25) is 4.79 Å². The summed E-state index contributed by atoms with van der Waals surface area (Å²) in [5.41, 5.74) is -0.0159. The third-order valence-electron chi connectivity index (χ3n) is 2.00. The van der Waals surface area contributed by atoms with E-state index in [0.29, 0.717) is 6.54 Å². The van der Waals surface area contributed by atoms with Gasteiger partial charge < -0.3 is 15.1 Å². The van der Waals surface area contributed by atoms with Gasteiger partial charge in [0.1, 0.15) is 5.75 Å². The fourth-order valence-electron chi connectivity index (χ4n) is 1.26. The Kier molecular flexibility index (Phi) is 4.47. The van der Waals surface area contributed by atoms with E-state index in [1.807, 2.05) is 0 Å². The largest absolute Gasteiger partial charge is 0.505 e. The Morgan fingerprint density at radius 2 is 2.38 bits per heavy atom. The van der Waals surface area contributed by atoms with Crippen LogP contribution < -0.4 is 0 Å². The van der Waals surface area contributed by atoms with Gasteiger partial charge in [0.25, 0.3) is 5.91 Å². The monoisotopic (exact) mass is 222 g/mol. The van der Waals surface area contributed by atoms with Crippen molar-refractivity contribution in [2.45, 2.75) is 0 Å². The maximum absolute atomic E-state index is 11.9. The Bertz CT molecular complexity index is 379. The molecule has 5 heteroatoms. The van der Waals surface area contributed by atoms with E-state index in [1.54, 1.807) is 6.08 Å². The number of hydrogen-bond acceptors (Lipinski definition) is 4. The van der Waals surface area contributed by atoms with Crippen LogP contribution in [-0.2, 0) is 0 Å². The molecule has 0 aromatic carbocycles. The van der Waals surface area contributed by atoms with E-state index >= 15 is 0 Å². The number of nitrogens with zero attached hydrogens (tertiary/aromatic N) is 2. The standard InChI is InChI=1S/C11H14N2O3/c1-2-6-13(7-8-14)11(16)10-9(15)4-3-5-12-10/h2-5,14-15H,1,6-8H2. The van der Waals surface area contributed by atoms with Crippen molar-refractivity contribution in [1.82, 2.24) is 9.88 Å². The summed E-state index contributed by atoms with van der Waals surface area (Å²) >= 11 is 0. The van der Waals surface area contributed by atoms with Crippen molar-refractivity contribution in [2.24, 2.45) is 0 Å². The van der Waals surface area contributed by atoms with Crippen molar-refractivity contribution in [3.8, 4) is 5.75 Å². The van der Waals surface area contributed by atoms with E-state index in [2.05, 4.69) is 11.6 Å². The van der Waals surface area contributed by atoms with Crippen molar-refractivity contribution in [3.63, 3.8) is 0 Å². The number of aliphatic hydroxyl groups excluding tert-OH is 1. The second-order valence-corrected chi connectivity index (χ2v) is 3.13. The molecule has 0 bridgehead atoms. The molecule has 0 saturated heterocycles. The second-order valence-electron chi connectivity index (χ2n) is 3.13. The molecule has 0 saturated carbocycles. The highest BCUT2D eigenvalue weighted by molar-refractivity contribution is 5.94. The molecule has 0 atom stereocenters. The number of amides is 1. The fourth-order valence-corrected chi connectivity index (χ4v) is 1.26. The molecule has 1 heterocycles. The summed E-state index contributed by atoms with van der Waals surface area (Å²) in [4.78, 5) is 17.1. The third kappa shape index (κ3) is 2.80. The molecule has 1 aromatic rings.